The second-order valence-corrected chi connectivity index (χ2v) is 5.74. The van der Waals surface area contributed by atoms with Crippen molar-refractivity contribution in [1.82, 2.24) is 0 Å². The SMILES string of the molecule is CC(O)Cc1c(Cl)cc2c(c1C(C)C)OCCCO2. The third kappa shape index (κ3) is 3.15. The molecule has 106 valence electrons. The first-order chi connectivity index (χ1) is 9.00. The molecule has 19 heavy (non-hydrogen) atoms. The molecule has 1 N–H and O–H groups in total. The van der Waals surface area contributed by atoms with Gasteiger partial charge in [-0.25, -0.2) is 0 Å². The summed E-state index contributed by atoms with van der Waals surface area (Å²) in [6, 6.07) is 1.81. The number of hydrogen-bond acceptors (Lipinski definition) is 3. The zero-order chi connectivity index (χ0) is 14.0. The highest BCUT2D eigenvalue weighted by molar-refractivity contribution is 6.31. The summed E-state index contributed by atoms with van der Waals surface area (Å²) >= 11 is 6.36. The minimum atomic E-state index is -0.431. The van der Waals surface area contributed by atoms with Crippen molar-refractivity contribution >= 4 is 11.6 Å². The lowest BCUT2D eigenvalue weighted by Gasteiger charge is -2.21. The molecule has 0 amide bonds. The Morgan fingerprint density at radius 3 is 2.58 bits per heavy atom. The lowest BCUT2D eigenvalue weighted by atomic mass is 9.92. The van der Waals surface area contributed by atoms with Crippen molar-refractivity contribution in [1.29, 1.82) is 0 Å². The maximum absolute atomic E-state index is 9.67. The predicted octanol–water partition coefficient (Wildman–Crippen LogP) is 3.55. The second-order valence-electron chi connectivity index (χ2n) is 5.34. The molecule has 1 unspecified atom stereocenters. The molecule has 2 rings (SSSR count). The molecule has 1 heterocycles. The van der Waals surface area contributed by atoms with Gasteiger partial charge in [-0.3, -0.25) is 0 Å². The minimum absolute atomic E-state index is 0.267. The number of rotatable bonds is 3. The highest BCUT2D eigenvalue weighted by Gasteiger charge is 2.23. The lowest BCUT2D eigenvalue weighted by Crippen LogP contribution is -2.10. The highest BCUT2D eigenvalue weighted by Crippen LogP contribution is 2.43. The average Bonchev–Trinajstić information content (AvgIpc) is 2.53. The summed E-state index contributed by atoms with van der Waals surface area (Å²) < 4.78 is 11.6. The Morgan fingerprint density at radius 2 is 1.95 bits per heavy atom. The van der Waals surface area contributed by atoms with Gasteiger partial charge in [0.15, 0.2) is 11.5 Å². The van der Waals surface area contributed by atoms with Crippen molar-refractivity contribution in [2.24, 2.45) is 0 Å². The van der Waals surface area contributed by atoms with Crippen molar-refractivity contribution in [2.45, 2.75) is 45.6 Å². The number of fused-ring (bicyclic) bond motifs is 1. The summed E-state index contributed by atoms with van der Waals surface area (Å²) in [6.45, 7) is 7.28. The fourth-order valence-electron chi connectivity index (χ4n) is 2.45. The van der Waals surface area contributed by atoms with Crippen LogP contribution in [0.25, 0.3) is 0 Å². The van der Waals surface area contributed by atoms with Crippen LogP contribution in [0.1, 0.15) is 44.2 Å². The first kappa shape index (κ1) is 14.5. The normalized spacial score (nSPS) is 16.3. The molecule has 1 aromatic rings. The van der Waals surface area contributed by atoms with Crippen molar-refractivity contribution in [3.8, 4) is 11.5 Å². The van der Waals surface area contributed by atoms with Crippen LogP contribution in [0, 0.1) is 0 Å². The largest absolute Gasteiger partial charge is 0.489 e. The van der Waals surface area contributed by atoms with Crippen LogP contribution in [0.2, 0.25) is 5.02 Å². The Bertz CT molecular complexity index is 455. The molecule has 4 heteroatoms. The number of ether oxygens (including phenoxy) is 2. The number of hydrogen-bond donors (Lipinski definition) is 1. The molecular formula is C15H21ClO3. The van der Waals surface area contributed by atoms with Gasteiger partial charge in [0.1, 0.15) is 0 Å². The molecule has 0 radical (unpaired) electrons. The van der Waals surface area contributed by atoms with E-state index < -0.39 is 6.10 Å². The zero-order valence-electron chi connectivity index (χ0n) is 11.7. The molecule has 0 fully saturated rings. The smallest absolute Gasteiger partial charge is 0.164 e. The molecule has 1 aliphatic heterocycles. The third-order valence-electron chi connectivity index (χ3n) is 3.21. The van der Waals surface area contributed by atoms with Gasteiger partial charge in [0.05, 0.1) is 19.3 Å². The van der Waals surface area contributed by atoms with E-state index in [0.717, 1.165) is 29.0 Å². The Kier molecular flexibility index (Phi) is 4.58. The third-order valence-corrected chi connectivity index (χ3v) is 3.55. The molecule has 1 aromatic carbocycles. The first-order valence-corrected chi connectivity index (χ1v) is 7.17. The molecule has 1 aliphatic rings. The Morgan fingerprint density at radius 1 is 1.26 bits per heavy atom. The molecule has 0 saturated carbocycles. The quantitative estimate of drug-likeness (QED) is 0.922. The van der Waals surface area contributed by atoms with Crippen LogP contribution in [0.5, 0.6) is 11.5 Å². The molecule has 0 aromatic heterocycles. The van der Waals surface area contributed by atoms with E-state index in [1.165, 1.54) is 0 Å². The Hall–Kier alpha value is -0.930. The summed E-state index contributed by atoms with van der Waals surface area (Å²) in [4.78, 5) is 0. The van der Waals surface area contributed by atoms with Gasteiger partial charge < -0.3 is 14.6 Å². The fourth-order valence-corrected chi connectivity index (χ4v) is 2.73. The lowest BCUT2D eigenvalue weighted by molar-refractivity contribution is 0.195. The van der Waals surface area contributed by atoms with Gasteiger partial charge >= 0.3 is 0 Å². The number of benzene rings is 1. The number of aliphatic hydroxyl groups excluding tert-OH is 1. The van der Waals surface area contributed by atoms with Gasteiger partial charge in [-0.15, -0.1) is 0 Å². The van der Waals surface area contributed by atoms with Gasteiger partial charge in [0, 0.05) is 23.1 Å². The summed E-state index contributed by atoms with van der Waals surface area (Å²) in [7, 11) is 0. The van der Waals surface area contributed by atoms with Gasteiger partial charge in [-0.2, -0.15) is 0 Å². The van der Waals surface area contributed by atoms with E-state index in [4.69, 9.17) is 21.1 Å². The molecule has 0 aliphatic carbocycles. The van der Waals surface area contributed by atoms with Gasteiger partial charge in [0.25, 0.3) is 0 Å². The van der Waals surface area contributed by atoms with E-state index >= 15 is 0 Å². The summed E-state index contributed by atoms with van der Waals surface area (Å²) in [6.07, 6.45) is 0.971. The van der Waals surface area contributed by atoms with E-state index in [1.807, 2.05) is 6.07 Å². The topological polar surface area (TPSA) is 38.7 Å². The Balaban J connectivity index is 2.57. The Labute approximate surface area is 119 Å². The maximum atomic E-state index is 9.67. The summed E-state index contributed by atoms with van der Waals surface area (Å²) in [5, 5.41) is 10.3. The van der Waals surface area contributed by atoms with Gasteiger partial charge in [0.2, 0.25) is 0 Å². The van der Waals surface area contributed by atoms with Crippen LogP contribution in [0.3, 0.4) is 0 Å². The highest BCUT2D eigenvalue weighted by atomic mass is 35.5. The minimum Gasteiger partial charge on any atom is -0.489 e. The summed E-state index contributed by atoms with van der Waals surface area (Å²) in [5.74, 6) is 1.79. The molecule has 0 saturated heterocycles. The van der Waals surface area contributed by atoms with Crippen molar-refractivity contribution < 1.29 is 14.6 Å². The maximum Gasteiger partial charge on any atom is 0.164 e. The second kappa shape index (κ2) is 6.02. The van der Waals surface area contributed by atoms with E-state index in [9.17, 15) is 5.11 Å². The number of aliphatic hydroxyl groups is 1. The molecular weight excluding hydrogens is 264 g/mol. The van der Waals surface area contributed by atoms with Crippen LogP contribution in [-0.2, 0) is 6.42 Å². The number of halogens is 1. The van der Waals surface area contributed by atoms with Crippen LogP contribution in [0.4, 0.5) is 0 Å². The van der Waals surface area contributed by atoms with Crippen LogP contribution >= 0.6 is 11.6 Å². The van der Waals surface area contributed by atoms with E-state index in [1.54, 1.807) is 6.92 Å². The van der Waals surface area contributed by atoms with Gasteiger partial charge in [-0.1, -0.05) is 25.4 Å². The summed E-state index contributed by atoms with van der Waals surface area (Å²) in [5.41, 5.74) is 2.03. The predicted molar refractivity (Wildman–Crippen MR) is 76.5 cm³/mol. The first-order valence-electron chi connectivity index (χ1n) is 6.79. The molecule has 1 atom stereocenters. The fraction of sp³-hybridized carbons (Fsp3) is 0.600. The molecule has 3 nitrogen and oxygen atoms in total. The van der Waals surface area contributed by atoms with Crippen molar-refractivity contribution in [3.05, 3.63) is 22.2 Å². The van der Waals surface area contributed by atoms with E-state index in [0.29, 0.717) is 24.7 Å². The van der Waals surface area contributed by atoms with Gasteiger partial charge in [-0.05, 0) is 24.8 Å². The monoisotopic (exact) mass is 284 g/mol. The van der Waals surface area contributed by atoms with Crippen LogP contribution in [-0.4, -0.2) is 24.4 Å². The van der Waals surface area contributed by atoms with Crippen molar-refractivity contribution in [3.63, 3.8) is 0 Å². The van der Waals surface area contributed by atoms with E-state index in [2.05, 4.69) is 13.8 Å². The van der Waals surface area contributed by atoms with Crippen LogP contribution in [0.15, 0.2) is 6.07 Å². The van der Waals surface area contributed by atoms with Crippen LogP contribution < -0.4 is 9.47 Å². The molecule has 0 spiro atoms. The van der Waals surface area contributed by atoms with Crippen molar-refractivity contribution in [2.75, 3.05) is 13.2 Å². The average molecular weight is 285 g/mol. The molecule has 0 bridgehead atoms. The standard InChI is InChI=1S/C15H21ClO3/c1-9(2)14-11(7-10(3)17)12(16)8-13-15(14)19-6-4-5-18-13/h8-10,17H,4-7H2,1-3H3. The van der Waals surface area contributed by atoms with E-state index in [-0.39, 0.29) is 5.92 Å². The zero-order valence-corrected chi connectivity index (χ0v) is 12.5.